The van der Waals surface area contributed by atoms with E-state index in [-0.39, 0.29) is 11.8 Å². The molecule has 1 aromatic carbocycles. The van der Waals surface area contributed by atoms with Crippen molar-refractivity contribution in [2.24, 2.45) is 5.92 Å². The lowest BCUT2D eigenvalue weighted by Gasteiger charge is -2.12. The molecule has 0 aliphatic carbocycles. The molecule has 16 heavy (non-hydrogen) atoms. The van der Waals surface area contributed by atoms with E-state index in [1.165, 1.54) is 7.11 Å². The standard InChI is InChI=1S/C12H15NO3/c1-8(2)12(15)13-10-6-9(7-14)4-5-11(10)16-3/h4-8H,1-3H3,(H,13,15). The van der Waals surface area contributed by atoms with Crippen molar-refractivity contribution in [1.82, 2.24) is 0 Å². The lowest BCUT2D eigenvalue weighted by Crippen LogP contribution is -2.18. The molecule has 0 aliphatic rings. The number of aldehydes is 1. The predicted molar refractivity (Wildman–Crippen MR) is 61.8 cm³/mol. The van der Waals surface area contributed by atoms with Gasteiger partial charge in [-0.3, -0.25) is 9.59 Å². The number of anilines is 1. The second kappa shape index (κ2) is 5.30. The molecule has 1 rings (SSSR count). The van der Waals surface area contributed by atoms with Crippen LogP contribution in [0.4, 0.5) is 5.69 Å². The minimum absolute atomic E-state index is 0.110. The van der Waals surface area contributed by atoms with Crippen molar-refractivity contribution < 1.29 is 14.3 Å². The molecule has 1 aromatic rings. The first-order valence-electron chi connectivity index (χ1n) is 5.02. The van der Waals surface area contributed by atoms with Gasteiger partial charge >= 0.3 is 0 Å². The number of methoxy groups -OCH3 is 1. The maximum atomic E-state index is 11.5. The largest absolute Gasteiger partial charge is 0.495 e. The first-order chi connectivity index (χ1) is 7.58. The van der Waals surface area contributed by atoms with Crippen molar-refractivity contribution in [3.8, 4) is 5.75 Å². The summed E-state index contributed by atoms with van der Waals surface area (Å²) < 4.78 is 5.09. The van der Waals surface area contributed by atoms with Crippen molar-refractivity contribution in [2.75, 3.05) is 12.4 Å². The first kappa shape index (κ1) is 12.2. The van der Waals surface area contributed by atoms with Gasteiger partial charge in [0, 0.05) is 11.5 Å². The highest BCUT2D eigenvalue weighted by molar-refractivity contribution is 5.94. The Morgan fingerprint density at radius 1 is 1.44 bits per heavy atom. The number of ether oxygens (including phenoxy) is 1. The van der Waals surface area contributed by atoms with Crippen LogP contribution in [0.3, 0.4) is 0 Å². The van der Waals surface area contributed by atoms with Gasteiger partial charge in [0.2, 0.25) is 5.91 Å². The molecular weight excluding hydrogens is 206 g/mol. The second-order valence-corrected chi connectivity index (χ2v) is 3.72. The molecule has 0 heterocycles. The third kappa shape index (κ3) is 2.82. The van der Waals surface area contributed by atoms with Gasteiger partial charge in [0.1, 0.15) is 12.0 Å². The highest BCUT2D eigenvalue weighted by Crippen LogP contribution is 2.25. The van der Waals surface area contributed by atoms with Crippen LogP contribution < -0.4 is 10.1 Å². The summed E-state index contributed by atoms with van der Waals surface area (Å²) in [7, 11) is 1.51. The number of nitrogens with one attached hydrogen (secondary N) is 1. The van der Waals surface area contributed by atoms with E-state index >= 15 is 0 Å². The van der Waals surface area contributed by atoms with Gasteiger partial charge in [0.05, 0.1) is 12.8 Å². The molecule has 0 spiro atoms. The SMILES string of the molecule is COc1ccc(C=O)cc1NC(=O)C(C)C. The summed E-state index contributed by atoms with van der Waals surface area (Å²) in [5.74, 6) is 0.311. The Morgan fingerprint density at radius 3 is 2.62 bits per heavy atom. The zero-order valence-corrected chi connectivity index (χ0v) is 9.61. The Hall–Kier alpha value is -1.84. The molecular formula is C12H15NO3. The van der Waals surface area contributed by atoms with Gasteiger partial charge in [0.25, 0.3) is 0 Å². The molecule has 0 aromatic heterocycles. The molecule has 0 radical (unpaired) electrons. The topological polar surface area (TPSA) is 55.4 Å². The fourth-order valence-corrected chi connectivity index (χ4v) is 1.17. The molecule has 0 saturated heterocycles. The van der Waals surface area contributed by atoms with E-state index in [1.807, 2.05) is 0 Å². The van der Waals surface area contributed by atoms with E-state index in [1.54, 1.807) is 32.0 Å². The Labute approximate surface area is 94.6 Å². The van der Waals surface area contributed by atoms with Crippen LogP contribution in [0.5, 0.6) is 5.75 Å². The van der Waals surface area contributed by atoms with Crippen molar-refractivity contribution in [2.45, 2.75) is 13.8 Å². The third-order valence-corrected chi connectivity index (χ3v) is 2.14. The lowest BCUT2D eigenvalue weighted by molar-refractivity contribution is -0.118. The van der Waals surface area contributed by atoms with Crippen LogP contribution in [-0.2, 0) is 4.79 Å². The maximum absolute atomic E-state index is 11.5. The summed E-state index contributed by atoms with van der Waals surface area (Å²) in [4.78, 5) is 22.1. The number of rotatable bonds is 4. The highest BCUT2D eigenvalue weighted by Gasteiger charge is 2.11. The summed E-state index contributed by atoms with van der Waals surface area (Å²) in [5.41, 5.74) is 1.02. The van der Waals surface area contributed by atoms with Crippen LogP contribution in [0.15, 0.2) is 18.2 Å². The zero-order chi connectivity index (χ0) is 12.1. The maximum Gasteiger partial charge on any atom is 0.227 e. The van der Waals surface area contributed by atoms with Crippen LogP contribution in [0.2, 0.25) is 0 Å². The molecule has 0 atom stereocenters. The first-order valence-corrected chi connectivity index (χ1v) is 5.02. The predicted octanol–water partition coefficient (Wildman–Crippen LogP) is 2.10. The molecule has 0 unspecified atom stereocenters. The zero-order valence-electron chi connectivity index (χ0n) is 9.61. The van der Waals surface area contributed by atoms with E-state index in [2.05, 4.69) is 5.32 Å². The smallest absolute Gasteiger partial charge is 0.227 e. The van der Waals surface area contributed by atoms with Gasteiger partial charge in [-0.2, -0.15) is 0 Å². The second-order valence-electron chi connectivity index (χ2n) is 3.72. The van der Waals surface area contributed by atoms with Gasteiger partial charge in [-0.05, 0) is 18.2 Å². The summed E-state index contributed by atoms with van der Waals surface area (Å²) >= 11 is 0. The van der Waals surface area contributed by atoms with E-state index in [0.717, 1.165) is 6.29 Å². The minimum atomic E-state index is -0.121. The Morgan fingerprint density at radius 2 is 2.12 bits per heavy atom. The van der Waals surface area contributed by atoms with Crippen molar-refractivity contribution >= 4 is 17.9 Å². The molecule has 0 bridgehead atoms. The molecule has 0 saturated carbocycles. The van der Waals surface area contributed by atoms with E-state index in [4.69, 9.17) is 4.74 Å². The van der Waals surface area contributed by atoms with Crippen molar-refractivity contribution in [1.29, 1.82) is 0 Å². The molecule has 1 N–H and O–H groups in total. The van der Waals surface area contributed by atoms with Gasteiger partial charge < -0.3 is 10.1 Å². The number of hydrogen-bond donors (Lipinski definition) is 1. The molecule has 4 heteroatoms. The molecule has 86 valence electrons. The average Bonchev–Trinajstić information content (AvgIpc) is 2.28. The van der Waals surface area contributed by atoms with E-state index in [0.29, 0.717) is 17.0 Å². The van der Waals surface area contributed by atoms with Gasteiger partial charge in [0.15, 0.2) is 0 Å². The van der Waals surface area contributed by atoms with E-state index in [9.17, 15) is 9.59 Å². The molecule has 0 fully saturated rings. The molecule has 0 aliphatic heterocycles. The fraction of sp³-hybridized carbons (Fsp3) is 0.333. The van der Waals surface area contributed by atoms with E-state index < -0.39 is 0 Å². The normalized spacial score (nSPS) is 10.0. The van der Waals surface area contributed by atoms with Crippen LogP contribution in [-0.4, -0.2) is 19.3 Å². The number of amides is 1. The Bertz CT molecular complexity index is 399. The number of benzene rings is 1. The monoisotopic (exact) mass is 221 g/mol. The number of hydrogen-bond acceptors (Lipinski definition) is 3. The van der Waals surface area contributed by atoms with Crippen molar-refractivity contribution in [3.05, 3.63) is 23.8 Å². The minimum Gasteiger partial charge on any atom is -0.495 e. The van der Waals surface area contributed by atoms with Gasteiger partial charge in [-0.25, -0.2) is 0 Å². The van der Waals surface area contributed by atoms with Crippen molar-refractivity contribution in [3.63, 3.8) is 0 Å². The number of carbonyl (C=O) groups excluding carboxylic acids is 2. The summed E-state index contributed by atoms with van der Waals surface area (Å²) in [6.07, 6.45) is 0.727. The molecule has 1 amide bonds. The quantitative estimate of drug-likeness (QED) is 0.792. The van der Waals surface area contributed by atoms with Gasteiger partial charge in [-0.1, -0.05) is 13.8 Å². The lowest BCUT2D eigenvalue weighted by atomic mass is 10.1. The van der Waals surface area contributed by atoms with Crippen LogP contribution in [0, 0.1) is 5.92 Å². The highest BCUT2D eigenvalue weighted by atomic mass is 16.5. The number of carbonyl (C=O) groups is 2. The average molecular weight is 221 g/mol. The van der Waals surface area contributed by atoms with Crippen LogP contribution in [0.25, 0.3) is 0 Å². The summed E-state index contributed by atoms with van der Waals surface area (Å²) in [6.45, 7) is 3.59. The van der Waals surface area contributed by atoms with Gasteiger partial charge in [-0.15, -0.1) is 0 Å². The fourth-order valence-electron chi connectivity index (χ4n) is 1.17. The summed E-state index contributed by atoms with van der Waals surface area (Å²) in [5, 5.41) is 2.71. The van der Waals surface area contributed by atoms with Crippen LogP contribution in [0.1, 0.15) is 24.2 Å². The van der Waals surface area contributed by atoms with Crippen LogP contribution >= 0.6 is 0 Å². The summed E-state index contributed by atoms with van der Waals surface area (Å²) in [6, 6.07) is 4.88. The third-order valence-electron chi connectivity index (χ3n) is 2.14. The Kier molecular flexibility index (Phi) is 4.05. The molecule has 4 nitrogen and oxygen atoms in total. The Balaban J connectivity index is 3.00.